The van der Waals surface area contributed by atoms with Gasteiger partial charge >= 0.3 is 6.47 Å². The molecule has 0 unspecified atom stereocenters. The molecule has 0 radical (unpaired) electrons. The van der Waals surface area contributed by atoms with Crippen LogP contribution in [0.5, 0.6) is 0 Å². The second-order valence-corrected chi connectivity index (χ2v) is 2.05. The lowest BCUT2D eigenvalue weighted by atomic mass is 10.4. The van der Waals surface area contributed by atoms with Gasteiger partial charge in [0.1, 0.15) is 5.82 Å². The summed E-state index contributed by atoms with van der Waals surface area (Å²) < 4.78 is 0.868. The number of nitrogens with zero attached hydrogens (tertiary/aromatic N) is 2. The monoisotopic (exact) mass is 168 g/mol. The van der Waals surface area contributed by atoms with Crippen LogP contribution in [0.1, 0.15) is 12.7 Å². The van der Waals surface area contributed by atoms with Gasteiger partial charge in [-0.1, -0.05) is 6.92 Å². The quantitative estimate of drug-likeness (QED) is 0.565. The topological polar surface area (TPSA) is 61.2 Å². The van der Waals surface area contributed by atoms with Gasteiger partial charge in [-0.15, -0.1) is 4.73 Å². The molecule has 0 N–H and O–H groups in total. The SMILES string of the molecule is CCc1nccc(=O)n1OC=O. The lowest BCUT2D eigenvalue weighted by Crippen LogP contribution is -2.29. The average molecular weight is 168 g/mol. The highest BCUT2D eigenvalue weighted by molar-refractivity contribution is 5.37. The number of aryl methyl sites for hydroxylation is 1. The average Bonchev–Trinajstić information content (AvgIpc) is 2.09. The Hall–Kier alpha value is -1.65. The van der Waals surface area contributed by atoms with Gasteiger partial charge in [-0.05, 0) is 0 Å². The zero-order valence-electron chi connectivity index (χ0n) is 6.56. The lowest BCUT2D eigenvalue weighted by molar-refractivity contribution is -0.130. The van der Waals surface area contributed by atoms with Gasteiger partial charge in [0.2, 0.25) is 0 Å². The Kier molecular flexibility index (Phi) is 2.57. The molecule has 0 spiro atoms. The van der Waals surface area contributed by atoms with Crippen LogP contribution < -0.4 is 10.4 Å². The first-order valence-electron chi connectivity index (χ1n) is 3.47. The van der Waals surface area contributed by atoms with E-state index in [0.717, 1.165) is 4.73 Å². The molecule has 0 atom stereocenters. The van der Waals surface area contributed by atoms with E-state index in [9.17, 15) is 9.59 Å². The van der Waals surface area contributed by atoms with Gasteiger partial charge in [-0.25, -0.2) is 4.98 Å². The van der Waals surface area contributed by atoms with Gasteiger partial charge in [0.15, 0.2) is 0 Å². The number of hydrogen-bond donors (Lipinski definition) is 0. The highest BCUT2D eigenvalue weighted by Gasteiger charge is 2.02. The summed E-state index contributed by atoms with van der Waals surface area (Å²) in [6.45, 7) is 2.01. The number of hydrogen-bond acceptors (Lipinski definition) is 4. The first-order chi connectivity index (χ1) is 5.79. The molecular weight excluding hydrogens is 160 g/mol. The molecule has 0 aliphatic rings. The zero-order valence-corrected chi connectivity index (χ0v) is 6.56. The minimum atomic E-state index is -0.394. The van der Waals surface area contributed by atoms with E-state index in [1.165, 1.54) is 12.3 Å². The molecule has 12 heavy (non-hydrogen) atoms. The zero-order chi connectivity index (χ0) is 8.97. The van der Waals surface area contributed by atoms with Crippen molar-refractivity contribution in [2.24, 2.45) is 0 Å². The minimum Gasteiger partial charge on any atom is -0.335 e. The summed E-state index contributed by atoms with van der Waals surface area (Å²) in [5.74, 6) is 0.426. The van der Waals surface area contributed by atoms with Crippen LogP contribution >= 0.6 is 0 Å². The summed E-state index contributed by atoms with van der Waals surface area (Å²) in [6.07, 6.45) is 1.91. The standard InChI is InChI=1S/C7H8N2O3/c1-2-6-8-4-3-7(11)9(6)12-5-10/h3-5H,2H2,1H3. The fourth-order valence-corrected chi connectivity index (χ4v) is 0.825. The van der Waals surface area contributed by atoms with E-state index in [2.05, 4.69) is 9.82 Å². The van der Waals surface area contributed by atoms with Crippen LogP contribution in [0, 0.1) is 0 Å². The largest absolute Gasteiger partial charge is 0.335 e. The second kappa shape index (κ2) is 3.66. The van der Waals surface area contributed by atoms with Crippen molar-refractivity contribution in [2.45, 2.75) is 13.3 Å². The maximum absolute atomic E-state index is 11.0. The van der Waals surface area contributed by atoms with Crippen molar-refractivity contribution in [1.29, 1.82) is 0 Å². The Balaban J connectivity index is 3.19. The van der Waals surface area contributed by atoms with Crippen LogP contribution in [0.15, 0.2) is 17.1 Å². The molecule has 0 aliphatic heterocycles. The van der Waals surface area contributed by atoms with E-state index in [1.807, 2.05) is 6.92 Å². The van der Waals surface area contributed by atoms with Crippen LogP contribution in [-0.2, 0) is 11.2 Å². The predicted octanol–water partition coefficient (Wildman–Crippen LogP) is -0.609. The summed E-state index contributed by atoms with van der Waals surface area (Å²) in [4.78, 5) is 29.3. The maximum Gasteiger partial charge on any atom is 0.321 e. The molecular formula is C7H8N2O3. The highest BCUT2D eigenvalue weighted by atomic mass is 16.7. The highest BCUT2D eigenvalue weighted by Crippen LogP contribution is 1.88. The molecule has 64 valence electrons. The first kappa shape index (κ1) is 8.45. The Labute approximate surface area is 68.6 Å². The van der Waals surface area contributed by atoms with Gasteiger partial charge in [0.25, 0.3) is 5.56 Å². The number of carbonyl (C=O) groups excluding carboxylic acids is 1. The summed E-state index contributed by atoms with van der Waals surface area (Å²) in [6, 6.07) is 1.22. The molecule has 0 saturated carbocycles. The van der Waals surface area contributed by atoms with Crippen LogP contribution in [-0.4, -0.2) is 16.2 Å². The molecule has 0 saturated heterocycles. The lowest BCUT2D eigenvalue weighted by Gasteiger charge is -2.04. The third-order valence-corrected chi connectivity index (χ3v) is 1.34. The summed E-state index contributed by atoms with van der Waals surface area (Å²) in [5.41, 5.74) is -0.394. The van der Waals surface area contributed by atoms with Crippen molar-refractivity contribution >= 4 is 6.47 Å². The molecule has 5 nitrogen and oxygen atoms in total. The molecule has 1 rings (SSSR count). The van der Waals surface area contributed by atoms with Gasteiger partial charge in [-0.2, -0.15) is 0 Å². The van der Waals surface area contributed by atoms with Gasteiger partial charge in [0, 0.05) is 18.7 Å². The van der Waals surface area contributed by atoms with Crippen LogP contribution in [0.25, 0.3) is 0 Å². The predicted molar refractivity (Wildman–Crippen MR) is 40.5 cm³/mol. The molecule has 0 bridgehead atoms. The van der Waals surface area contributed by atoms with Gasteiger partial charge < -0.3 is 4.84 Å². The third-order valence-electron chi connectivity index (χ3n) is 1.34. The van der Waals surface area contributed by atoms with E-state index in [-0.39, 0.29) is 6.47 Å². The first-order valence-corrected chi connectivity index (χ1v) is 3.47. The molecule has 0 aromatic carbocycles. The molecule has 1 heterocycles. The number of aromatic nitrogens is 2. The molecule has 0 amide bonds. The maximum atomic E-state index is 11.0. The summed E-state index contributed by atoms with van der Waals surface area (Å²) in [5, 5.41) is 0. The van der Waals surface area contributed by atoms with E-state index in [1.54, 1.807) is 0 Å². The van der Waals surface area contributed by atoms with E-state index in [4.69, 9.17) is 0 Å². The summed E-state index contributed by atoms with van der Waals surface area (Å²) in [7, 11) is 0. The molecule has 0 aliphatic carbocycles. The van der Waals surface area contributed by atoms with E-state index < -0.39 is 5.56 Å². The Morgan fingerprint density at radius 1 is 1.75 bits per heavy atom. The Bertz CT molecular complexity index is 332. The third kappa shape index (κ3) is 1.50. The molecule has 1 aromatic heterocycles. The van der Waals surface area contributed by atoms with Crippen molar-refractivity contribution in [3.63, 3.8) is 0 Å². The second-order valence-electron chi connectivity index (χ2n) is 2.05. The minimum absolute atomic E-state index is 0.197. The van der Waals surface area contributed by atoms with Crippen LogP contribution in [0.2, 0.25) is 0 Å². The van der Waals surface area contributed by atoms with Crippen molar-refractivity contribution in [2.75, 3.05) is 0 Å². The molecule has 0 fully saturated rings. The van der Waals surface area contributed by atoms with Crippen molar-refractivity contribution < 1.29 is 9.63 Å². The van der Waals surface area contributed by atoms with Crippen molar-refractivity contribution in [3.05, 3.63) is 28.4 Å². The molecule has 5 heteroatoms. The number of rotatable bonds is 3. The van der Waals surface area contributed by atoms with Crippen LogP contribution in [0.4, 0.5) is 0 Å². The Morgan fingerprint density at radius 2 is 2.50 bits per heavy atom. The summed E-state index contributed by atoms with van der Waals surface area (Å²) >= 11 is 0. The fraction of sp³-hybridized carbons (Fsp3) is 0.286. The van der Waals surface area contributed by atoms with E-state index >= 15 is 0 Å². The van der Waals surface area contributed by atoms with Crippen molar-refractivity contribution in [3.8, 4) is 0 Å². The number of carbonyl (C=O) groups is 1. The van der Waals surface area contributed by atoms with Gasteiger partial charge in [0.05, 0.1) is 0 Å². The van der Waals surface area contributed by atoms with E-state index in [0.29, 0.717) is 12.2 Å². The molecule has 1 aromatic rings. The van der Waals surface area contributed by atoms with Crippen LogP contribution in [0.3, 0.4) is 0 Å². The fourth-order valence-electron chi connectivity index (χ4n) is 0.825. The van der Waals surface area contributed by atoms with Crippen molar-refractivity contribution in [1.82, 2.24) is 9.71 Å². The Morgan fingerprint density at radius 3 is 3.08 bits per heavy atom. The van der Waals surface area contributed by atoms with Gasteiger partial charge in [-0.3, -0.25) is 9.59 Å². The smallest absolute Gasteiger partial charge is 0.321 e. The normalized spacial score (nSPS) is 9.42.